The Hall–Kier alpha value is -2.05. The third-order valence-corrected chi connectivity index (χ3v) is 3.29. The van der Waals surface area contributed by atoms with Gasteiger partial charge in [0.25, 0.3) is 0 Å². The number of nitriles is 1. The van der Waals surface area contributed by atoms with Crippen molar-refractivity contribution in [2.75, 3.05) is 5.32 Å². The molecule has 0 aromatic heterocycles. The van der Waals surface area contributed by atoms with Crippen LogP contribution >= 0.6 is 11.6 Å². The van der Waals surface area contributed by atoms with Crippen molar-refractivity contribution in [1.82, 2.24) is 0 Å². The van der Waals surface area contributed by atoms with Gasteiger partial charge in [0.2, 0.25) is 0 Å². The number of halogens is 2. The minimum absolute atomic E-state index is 0.129. The second-order valence-electron chi connectivity index (χ2n) is 4.21. The SMILES string of the molecule is Cc1ccc(C#N)cc1NCc1cccc(F)c1Cl. The van der Waals surface area contributed by atoms with Crippen molar-refractivity contribution in [1.29, 1.82) is 5.26 Å². The molecule has 0 aliphatic heterocycles. The summed E-state index contributed by atoms with van der Waals surface area (Å²) in [5.74, 6) is -0.427. The van der Waals surface area contributed by atoms with Gasteiger partial charge in [0.1, 0.15) is 5.82 Å². The lowest BCUT2D eigenvalue weighted by atomic mass is 10.1. The summed E-state index contributed by atoms with van der Waals surface area (Å²) in [6.07, 6.45) is 0. The largest absolute Gasteiger partial charge is 0.381 e. The molecule has 96 valence electrons. The van der Waals surface area contributed by atoms with Gasteiger partial charge in [-0.3, -0.25) is 0 Å². The lowest BCUT2D eigenvalue weighted by molar-refractivity contribution is 0.626. The third kappa shape index (κ3) is 3.04. The number of nitrogens with zero attached hydrogens (tertiary/aromatic N) is 1. The molecule has 0 unspecified atom stereocenters. The van der Waals surface area contributed by atoms with Gasteiger partial charge in [-0.1, -0.05) is 29.8 Å². The highest BCUT2D eigenvalue weighted by Gasteiger charge is 2.06. The zero-order valence-electron chi connectivity index (χ0n) is 10.4. The summed E-state index contributed by atoms with van der Waals surface area (Å²) >= 11 is 5.89. The first-order valence-corrected chi connectivity index (χ1v) is 6.17. The lowest BCUT2D eigenvalue weighted by Gasteiger charge is -2.11. The highest BCUT2D eigenvalue weighted by atomic mass is 35.5. The summed E-state index contributed by atoms with van der Waals surface area (Å²) in [6.45, 7) is 2.35. The van der Waals surface area contributed by atoms with E-state index >= 15 is 0 Å². The first-order valence-electron chi connectivity index (χ1n) is 5.79. The number of benzene rings is 2. The van der Waals surface area contributed by atoms with Crippen molar-refractivity contribution in [2.24, 2.45) is 0 Å². The molecule has 0 radical (unpaired) electrons. The maximum atomic E-state index is 13.3. The molecule has 2 aromatic carbocycles. The van der Waals surface area contributed by atoms with E-state index in [0.29, 0.717) is 17.7 Å². The van der Waals surface area contributed by atoms with Crippen LogP contribution in [0.4, 0.5) is 10.1 Å². The van der Waals surface area contributed by atoms with Crippen molar-refractivity contribution in [2.45, 2.75) is 13.5 Å². The van der Waals surface area contributed by atoms with Gasteiger partial charge in [-0.25, -0.2) is 4.39 Å². The van der Waals surface area contributed by atoms with Gasteiger partial charge in [0, 0.05) is 12.2 Å². The van der Waals surface area contributed by atoms with Crippen LogP contribution in [0.25, 0.3) is 0 Å². The Bertz CT molecular complexity index is 647. The summed E-state index contributed by atoms with van der Waals surface area (Å²) in [5, 5.41) is 12.2. The van der Waals surface area contributed by atoms with E-state index in [1.165, 1.54) is 6.07 Å². The van der Waals surface area contributed by atoms with Crippen LogP contribution in [0.15, 0.2) is 36.4 Å². The first-order chi connectivity index (χ1) is 9.11. The average molecular weight is 275 g/mol. The zero-order chi connectivity index (χ0) is 13.8. The summed E-state index contributed by atoms with van der Waals surface area (Å²) in [6, 6.07) is 12.2. The van der Waals surface area contributed by atoms with Gasteiger partial charge in [0.05, 0.1) is 16.7 Å². The fraction of sp³-hybridized carbons (Fsp3) is 0.133. The molecule has 0 fully saturated rings. The summed E-state index contributed by atoms with van der Waals surface area (Å²) < 4.78 is 13.3. The molecule has 0 spiro atoms. The number of hydrogen-bond donors (Lipinski definition) is 1. The Balaban J connectivity index is 2.19. The van der Waals surface area contributed by atoms with Gasteiger partial charge in [0.15, 0.2) is 0 Å². The van der Waals surface area contributed by atoms with Crippen LogP contribution < -0.4 is 5.32 Å². The van der Waals surface area contributed by atoms with Crippen LogP contribution in [0.2, 0.25) is 5.02 Å². The molecule has 0 bridgehead atoms. The molecular formula is C15H12ClFN2. The number of nitrogens with one attached hydrogen (secondary N) is 1. The van der Waals surface area contributed by atoms with E-state index < -0.39 is 5.82 Å². The molecule has 0 saturated heterocycles. The number of hydrogen-bond acceptors (Lipinski definition) is 2. The van der Waals surface area contributed by atoms with Crippen LogP contribution in [0, 0.1) is 24.1 Å². The van der Waals surface area contributed by atoms with Gasteiger partial charge >= 0.3 is 0 Å². The van der Waals surface area contributed by atoms with Crippen molar-refractivity contribution >= 4 is 17.3 Å². The van der Waals surface area contributed by atoms with Crippen molar-refractivity contribution < 1.29 is 4.39 Å². The Labute approximate surface area is 116 Å². The van der Waals surface area contributed by atoms with E-state index in [4.69, 9.17) is 16.9 Å². The molecule has 19 heavy (non-hydrogen) atoms. The zero-order valence-corrected chi connectivity index (χ0v) is 11.1. The van der Waals surface area contributed by atoms with Crippen molar-refractivity contribution in [3.8, 4) is 6.07 Å². The predicted octanol–water partition coefficient (Wildman–Crippen LogP) is 4.27. The molecule has 2 aromatic rings. The van der Waals surface area contributed by atoms with Crippen LogP contribution in [-0.4, -0.2) is 0 Å². The Morgan fingerprint density at radius 3 is 2.84 bits per heavy atom. The van der Waals surface area contributed by atoms with Crippen LogP contribution in [-0.2, 0) is 6.54 Å². The summed E-state index contributed by atoms with van der Waals surface area (Å²) in [4.78, 5) is 0. The monoisotopic (exact) mass is 274 g/mol. The minimum atomic E-state index is -0.427. The maximum absolute atomic E-state index is 13.3. The summed E-state index contributed by atoms with van der Waals surface area (Å²) in [5.41, 5.74) is 3.13. The highest BCUT2D eigenvalue weighted by molar-refractivity contribution is 6.31. The maximum Gasteiger partial charge on any atom is 0.142 e. The molecule has 0 heterocycles. The first kappa shape index (κ1) is 13.4. The second kappa shape index (κ2) is 5.73. The van der Waals surface area contributed by atoms with Crippen molar-refractivity contribution in [3.63, 3.8) is 0 Å². The van der Waals surface area contributed by atoms with Gasteiger partial charge in [-0.05, 0) is 36.2 Å². The molecule has 1 N–H and O–H groups in total. The smallest absolute Gasteiger partial charge is 0.142 e. The fourth-order valence-electron chi connectivity index (χ4n) is 1.76. The second-order valence-corrected chi connectivity index (χ2v) is 4.59. The molecule has 0 atom stereocenters. The normalized spacial score (nSPS) is 10.0. The average Bonchev–Trinajstić information content (AvgIpc) is 2.42. The van der Waals surface area contributed by atoms with E-state index in [0.717, 1.165) is 11.3 Å². The molecule has 4 heteroatoms. The summed E-state index contributed by atoms with van der Waals surface area (Å²) in [7, 11) is 0. The molecular weight excluding hydrogens is 263 g/mol. The van der Waals surface area contributed by atoms with E-state index in [1.807, 2.05) is 13.0 Å². The van der Waals surface area contributed by atoms with E-state index in [-0.39, 0.29) is 5.02 Å². The number of rotatable bonds is 3. The number of aryl methyl sites for hydroxylation is 1. The third-order valence-electron chi connectivity index (χ3n) is 2.87. The minimum Gasteiger partial charge on any atom is -0.381 e. The highest BCUT2D eigenvalue weighted by Crippen LogP contribution is 2.22. The lowest BCUT2D eigenvalue weighted by Crippen LogP contribution is -2.02. The Morgan fingerprint density at radius 2 is 2.11 bits per heavy atom. The Morgan fingerprint density at radius 1 is 1.32 bits per heavy atom. The van der Waals surface area contributed by atoms with E-state index in [2.05, 4.69) is 11.4 Å². The van der Waals surface area contributed by atoms with Gasteiger partial charge in [-0.2, -0.15) is 5.26 Å². The molecule has 0 amide bonds. The molecule has 0 aliphatic carbocycles. The molecule has 2 rings (SSSR count). The standard InChI is InChI=1S/C15H12ClFN2/c1-10-5-6-11(8-18)7-14(10)19-9-12-3-2-4-13(17)15(12)16/h2-7,19H,9H2,1H3. The van der Waals surface area contributed by atoms with Crippen molar-refractivity contribution in [3.05, 3.63) is 63.9 Å². The topological polar surface area (TPSA) is 35.8 Å². The fourth-order valence-corrected chi connectivity index (χ4v) is 1.95. The Kier molecular flexibility index (Phi) is 4.03. The molecule has 0 aliphatic rings. The van der Waals surface area contributed by atoms with Gasteiger partial charge in [-0.15, -0.1) is 0 Å². The van der Waals surface area contributed by atoms with Crippen LogP contribution in [0.1, 0.15) is 16.7 Å². The van der Waals surface area contributed by atoms with E-state index in [1.54, 1.807) is 24.3 Å². The molecule has 0 saturated carbocycles. The van der Waals surface area contributed by atoms with E-state index in [9.17, 15) is 4.39 Å². The number of anilines is 1. The molecule has 2 nitrogen and oxygen atoms in total. The van der Waals surface area contributed by atoms with Gasteiger partial charge < -0.3 is 5.32 Å². The quantitative estimate of drug-likeness (QED) is 0.907. The van der Waals surface area contributed by atoms with Crippen LogP contribution in [0.3, 0.4) is 0 Å². The van der Waals surface area contributed by atoms with Crippen LogP contribution in [0.5, 0.6) is 0 Å². The predicted molar refractivity (Wildman–Crippen MR) is 74.6 cm³/mol.